The highest BCUT2D eigenvalue weighted by Gasteiger charge is 2.22. The van der Waals surface area contributed by atoms with Crippen LogP contribution in [0.3, 0.4) is 0 Å². The van der Waals surface area contributed by atoms with Crippen molar-refractivity contribution in [1.29, 1.82) is 0 Å². The fourth-order valence-corrected chi connectivity index (χ4v) is 3.44. The van der Waals surface area contributed by atoms with Crippen LogP contribution in [0.1, 0.15) is 43.2 Å². The Morgan fingerprint density at radius 1 is 0.944 bits per heavy atom. The van der Waals surface area contributed by atoms with Crippen LogP contribution in [0, 0.1) is 5.82 Å². The molecule has 0 atom stereocenters. The summed E-state index contributed by atoms with van der Waals surface area (Å²) in [6.45, 7) is 0. The molecule has 4 rings (SSSR count). The number of carbonyl (C=O) groups is 3. The summed E-state index contributed by atoms with van der Waals surface area (Å²) >= 11 is 0. The van der Waals surface area contributed by atoms with Gasteiger partial charge in [0.15, 0.2) is 5.65 Å². The zero-order valence-corrected chi connectivity index (χ0v) is 18.8. The summed E-state index contributed by atoms with van der Waals surface area (Å²) < 4.78 is 51.1. The number of halogens is 3. The molecule has 0 aliphatic carbocycles. The van der Waals surface area contributed by atoms with E-state index in [1.165, 1.54) is 30.3 Å². The van der Waals surface area contributed by atoms with Gasteiger partial charge in [0.05, 0.1) is 37.2 Å². The van der Waals surface area contributed by atoms with Crippen LogP contribution in [0.4, 0.5) is 18.9 Å². The number of hydrogen-bond donors (Lipinski definition) is 1. The van der Waals surface area contributed by atoms with Gasteiger partial charge in [-0.25, -0.2) is 32.3 Å². The zero-order chi connectivity index (χ0) is 26.0. The van der Waals surface area contributed by atoms with E-state index >= 15 is 0 Å². The highest BCUT2D eigenvalue weighted by Crippen LogP contribution is 2.27. The van der Waals surface area contributed by atoms with Crippen molar-refractivity contribution >= 4 is 29.2 Å². The van der Waals surface area contributed by atoms with Crippen molar-refractivity contribution in [2.24, 2.45) is 0 Å². The fourth-order valence-electron chi connectivity index (χ4n) is 3.44. The number of fused-ring (bicyclic) bond motifs is 1. The number of nitrogens with one attached hydrogen (secondary N) is 1. The third-order valence-corrected chi connectivity index (χ3v) is 5.14. The minimum atomic E-state index is -2.95. The molecule has 0 saturated carbocycles. The summed E-state index contributed by atoms with van der Waals surface area (Å²) in [7, 11) is 2.30. The minimum absolute atomic E-state index is 0.0337. The van der Waals surface area contributed by atoms with Crippen molar-refractivity contribution in [2.75, 3.05) is 19.5 Å². The molecule has 0 saturated heterocycles. The predicted molar refractivity (Wildman–Crippen MR) is 120 cm³/mol. The summed E-state index contributed by atoms with van der Waals surface area (Å²) in [6, 6.07) is 9.91. The molecular weight excluding hydrogens is 481 g/mol. The van der Waals surface area contributed by atoms with Crippen molar-refractivity contribution in [3.8, 4) is 11.3 Å². The molecule has 0 aliphatic rings. The van der Waals surface area contributed by atoms with E-state index in [4.69, 9.17) is 0 Å². The van der Waals surface area contributed by atoms with E-state index in [9.17, 15) is 27.6 Å². The molecule has 2 heterocycles. The third kappa shape index (κ3) is 4.73. The first-order valence-corrected chi connectivity index (χ1v) is 10.3. The lowest BCUT2D eigenvalue weighted by molar-refractivity contribution is 0.0598. The van der Waals surface area contributed by atoms with Gasteiger partial charge in [-0.05, 0) is 48.5 Å². The van der Waals surface area contributed by atoms with Crippen LogP contribution in [0.5, 0.6) is 0 Å². The summed E-state index contributed by atoms with van der Waals surface area (Å²) in [5, 5.41) is 6.38. The number of carbonyl (C=O) groups excluding carboxylic acids is 3. The van der Waals surface area contributed by atoms with Crippen LogP contribution >= 0.6 is 0 Å². The Bertz CT molecular complexity index is 1450. The average Bonchev–Trinajstić information content (AvgIpc) is 3.31. The van der Waals surface area contributed by atoms with Gasteiger partial charge in [0.2, 0.25) is 0 Å². The number of ether oxygens (including phenoxy) is 2. The fraction of sp³-hybridized carbons (Fsp3) is 0.125. The number of nitrogens with zero attached hydrogens (tertiary/aromatic N) is 3. The van der Waals surface area contributed by atoms with Gasteiger partial charge in [-0.15, -0.1) is 0 Å². The van der Waals surface area contributed by atoms with Crippen LogP contribution in [-0.4, -0.2) is 46.7 Å². The molecule has 4 aromatic rings. The van der Waals surface area contributed by atoms with Gasteiger partial charge in [0.25, 0.3) is 12.3 Å². The third-order valence-electron chi connectivity index (χ3n) is 5.14. The molecule has 0 spiro atoms. The van der Waals surface area contributed by atoms with Crippen molar-refractivity contribution in [3.63, 3.8) is 0 Å². The first kappa shape index (κ1) is 24.4. The second-order valence-electron chi connectivity index (χ2n) is 7.40. The maximum atomic E-state index is 13.8. The van der Waals surface area contributed by atoms with Crippen molar-refractivity contribution < 1.29 is 37.0 Å². The Morgan fingerprint density at radius 2 is 1.56 bits per heavy atom. The zero-order valence-electron chi connectivity index (χ0n) is 18.8. The number of esters is 2. The quantitative estimate of drug-likeness (QED) is 0.395. The van der Waals surface area contributed by atoms with Gasteiger partial charge in [-0.2, -0.15) is 5.10 Å². The smallest absolute Gasteiger partial charge is 0.337 e. The number of methoxy groups -OCH3 is 2. The first-order chi connectivity index (χ1) is 17.2. The van der Waals surface area contributed by atoms with Crippen LogP contribution in [0.2, 0.25) is 0 Å². The summed E-state index contributed by atoms with van der Waals surface area (Å²) in [5.74, 6) is -2.84. The van der Waals surface area contributed by atoms with Crippen molar-refractivity contribution in [2.45, 2.75) is 6.43 Å². The average molecular weight is 498 g/mol. The van der Waals surface area contributed by atoms with E-state index < -0.39 is 35.8 Å². The molecule has 0 unspecified atom stereocenters. The van der Waals surface area contributed by atoms with Crippen LogP contribution in [-0.2, 0) is 9.47 Å². The monoisotopic (exact) mass is 498 g/mol. The molecule has 0 fully saturated rings. The van der Waals surface area contributed by atoms with E-state index in [-0.39, 0.29) is 33.7 Å². The van der Waals surface area contributed by atoms with Gasteiger partial charge >= 0.3 is 11.9 Å². The topological polar surface area (TPSA) is 112 Å². The SMILES string of the molecule is COC(=O)c1cc(NC(=O)c2cnn3c(C(F)F)cc(-c4ccc(F)cc4)nc23)cc(C(=O)OC)c1. The Balaban J connectivity index is 1.78. The van der Waals surface area contributed by atoms with E-state index in [1.807, 2.05) is 0 Å². The molecule has 0 bridgehead atoms. The lowest BCUT2D eigenvalue weighted by Crippen LogP contribution is -2.15. The lowest BCUT2D eigenvalue weighted by atomic mass is 10.1. The van der Waals surface area contributed by atoms with Crippen LogP contribution in [0.15, 0.2) is 54.7 Å². The summed E-state index contributed by atoms with van der Waals surface area (Å²) in [4.78, 5) is 41.4. The molecule has 36 heavy (non-hydrogen) atoms. The van der Waals surface area contributed by atoms with E-state index in [0.29, 0.717) is 5.56 Å². The number of anilines is 1. The Morgan fingerprint density at radius 3 is 2.11 bits per heavy atom. The number of benzene rings is 2. The summed E-state index contributed by atoms with van der Waals surface area (Å²) in [5.41, 5.74) is -0.481. The minimum Gasteiger partial charge on any atom is -0.465 e. The van der Waals surface area contributed by atoms with Crippen molar-refractivity contribution in [3.05, 3.63) is 82.9 Å². The first-order valence-electron chi connectivity index (χ1n) is 10.3. The van der Waals surface area contributed by atoms with Crippen LogP contribution < -0.4 is 5.32 Å². The van der Waals surface area contributed by atoms with Crippen molar-refractivity contribution in [1.82, 2.24) is 14.6 Å². The van der Waals surface area contributed by atoms with Gasteiger partial charge in [0.1, 0.15) is 17.1 Å². The Labute approximate surface area is 201 Å². The standard InChI is InChI=1S/C24H17F3N4O5/c1-35-23(33)13-7-14(24(34)36-2)9-16(8-13)29-22(32)17-11-28-31-19(20(26)27)10-18(30-21(17)31)12-3-5-15(25)6-4-12/h3-11,20H,1-2H3,(H,29,32). The molecule has 1 N–H and O–H groups in total. The molecule has 2 aromatic carbocycles. The molecule has 0 radical (unpaired) electrons. The molecule has 2 aromatic heterocycles. The molecule has 1 amide bonds. The Hall–Kier alpha value is -4.74. The maximum absolute atomic E-state index is 13.8. The highest BCUT2D eigenvalue weighted by molar-refractivity contribution is 6.09. The maximum Gasteiger partial charge on any atom is 0.337 e. The molecular formula is C24H17F3N4O5. The van der Waals surface area contributed by atoms with Gasteiger partial charge in [0, 0.05) is 11.3 Å². The predicted octanol–water partition coefficient (Wildman–Crippen LogP) is 4.30. The largest absolute Gasteiger partial charge is 0.465 e. The number of aromatic nitrogens is 3. The molecule has 0 aliphatic heterocycles. The molecule has 12 heteroatoms. The van der Waals surface area contributed by atoms with Gasteiger partial charge in [-0.1, -0.05) is 0 Å². The number of hydrogen-bond acceptors (Lipinski definition) is 7. The highest BCUT2D eigenvalue weighted by atomic mass is 19.3. The normalized spacial score (nSPS) is 10.9. The number of rotatable bonds is 6. The lowest BCUT2D eigenvalue weighted by Gasteiger charge is -2.10. The van der Waals surface area contributed by atoms with Gasteiger partial charge in [-0.3, -0.25) is 4.79 Å². The second kappa shape index (κ2) is 9.86. The van der Waals surface area contributed by atoms with Gasteiger partial charge < -0.3 is 14.8 Å². The number of amides is 1. The van der Waals surface area contributed by atoms with E-state index in [2.05, 4.69) is 24.9 Å². The number of alkyl halides is 2. The second-order valence-corrected chi connectivity index (χ2v) is 7.40. The molecule has 9 nitrogen and oxygen atoms in total. The van der Waals surface area contributed by atoms with Crippen LogP contribution in [0.25, 0.3) is 16.9 Å². The van der Waals surface area contributed by atoms with E-state index in [0.717, 1.165) is 43.1 Å². The molecule has 184 valence electrons. The Kier molecular flexibility index (Phi) is 6.68. The summed E-state index contributed by atoms with van der Waals surface area (Å²) in [6.07, 6.45) is -1.89. The van der Waals surface area contributed by atoms with E-state index in [1.54, 1.807) is 0 Å².